The molecule has 2 atom stereocenters. The second-order valence-corrected chi connectivity index (χ2v) is 5.95. The third kappa shape index (κ3) is 3.91. The molecule has 1 N–H and O–H groups in total. The summed E-state index contributed by atoms with van der Waals surface area (Å²) in [6, 6.07) is 0.325. The van der Waals surface area contributed by atoms with Crippen LogP contribution in [0.1, 0.15) is 25.7 Å². The Labute approximate surface area is 114 Å². The van der Waals surface area contributed by atoms with Gasteiger partial charge in [-0.15, -0.1) is 0 Å². The zero-order chi connectivity index (χ0) is 13.1. The van der Waals surface area contributed by atoms with Gasteiger partial charge in [-0.1, -0.05) is 0 Å². The van der Waals surface area contributed by atoms with Crippen molar-refractivity contribution >= 4 is 5.91 Å². The van der Waals surface area contributed by atoms with Crippen LogP contribution in [0.3, 0.4) is 0 Å². The molecule has 5 nitrogen and oxygen atoms in total. The maximum atomic E-state index is 11.8. The average molecular weight is 268 g/mol. The van der Waals surface area contributed by atoms with Crippen molar-refractivity contribution in [1.29, 1.82) is 0 Å². The maximum absolute atomic E-state index is 11.8. The Bertz CT molecular complexity index is 314. The summed E-state index contributed by atoms with van der Waals surface area (Å²) in [5.41, 5.74) is 0. The fourth-order valence-corrected chi connectivity index (χ4v) is 2.93. The fourth-order valence-electron chi connectivity index (χ4n) is 2.93. The van der Waals surface area contributed by atoms with Crippen LogP contribution >= 0.6 is 0 Å². The normalized spacial score (nSPS) is 33.1. The van der Waals surface area contributed by atoms with E-state index < -0.39 is 0 Å². The van der Waals surface area contributed by atoms with Crippen LogP contribution in [0.5, 0.6) is 0 Å². The molecule has 2 heterocycles. The summed E-state index contributed by atoms with van der Waals surface area (Å²) in [6.07, 6.45) is 4.62. The number of nitrogens with one attached hydrogen (secondary N) is 1. The smallest absolute Gasteiger partial charge is 0.223 e. The number of carbonyl (C=O) groups excluding carboxylic acids is 1. The van der Waals surface area contributed by atoms with Gasteiger partial charge in [0.2, 0.25) is 5.91 Å². The van der Waals surface area contributed by atoms with E-state index >= 15 is 0 Å². The van der Waals surface area contributed by atoms with Gasteiger partial charge >= 0.3 is 0 Å². The van der Waals surface area contributed by atoms with Gasteiger partial charge in [-0.2, -0.15) is 0 Å². The number of hydrogen-bond acceptors (Lipinski definition) is 4. The standard InChI is InChI=1S/C14H24N2O3/c17-14(11-3-4-11)15-12-2-1-5-16(8-12)9-13-10-18-6-7-19-13/h11-13H,1-10H2,(H,15,17). The number of ether oxygens (including phenoxy) is 2. The summed E-state index contributed by atoms with van der Waals surface area (Å²) in [4.78, 5) is 14.2. The quantitative estimate of drug-likeness (QED) is 0.801. The van der Waals surface area contributed by atoms with Crippen molar-refractivity contribution in [2.24, 2.45) is 5.92 Å². The topological polar surface area (TPSA) is 50.8 Å². The van der Waals surface area contributed by atoms with E-state index in [4.69, 9.17) is 9.47 Å². The third-order valence-corrected chi connectivity index (χ3v) is 4.15. The molecule has 0 aromatic carbocycles. The van der Waals surface area contributed by atoms with E-state index in [9.17, 15) is 4.79 Å². The summed E-state index contributed by atoms with van der Waals surface area (Å²) < 4.78 is 11.1. The fraction of sp³-hybridized carbons (Fsp3) is 0.929. The number of piperidine rings is 1. The highest BCUT2D eigenvalue weighted by molar-refractivity contribution is 5.81. The van der Waals surface area contributed by atoms with E-state index in [1.807, 2.05) is 0 Å². The van der Waals surface area contributed by atoms with E-state index in [1.165, 1.54) is 0 Å². The summed E-state index contributed by atoms with van der Waals surface area (Å²) in [6.45, 7) is 5.12. The highest BCUT2D eigenvalue weighted by Gasteiger charge is 2.32. The van der Waals surface area contributed by atoms with E-state index in [-0.39, 0.29) is 12.0 Å². The van der Waals surface area contributed by atoms with Gasteiger partial charge in [0, 0.05) is 25.0 Å². The molecule has 0 aromatic rings. The van der Waals surface area contributed by atoms with Crippen molar-refractivity contribution < 1.29 is 14.3 Å². The monoisotopic (exact) mass is 268 g/mol. The van der Waals surface area contributed by atoms with Gasteiger partial charge in [0.15, 0.2) is 0 Å². The number of rotatable bonds is 4. The molecule has 3 aliphatic rings. The number of likely N-dealkylation sites (tertiary alicyclic amines) is 1. The molecule has 2 unspecified atom stereocenters. The van der Waals surface area contributed by atoms with Crippen molar-refractivity contribution in [1.82, 2.24) is 10.2 Å². The zero-order valence-corrected chi connectivity index (χ0v) is 11.5. The number of carbonyl (C=O) groups is 1. The van der Waals surface area contributed by atoms with Gasteiger partial charge in [0.05, 0.1) is 25.9 Å². The van der Waals surface area contributed by atoms with E-state index in [0.717, 1.165) is 51.9 Å². The lowest BCUT2D eigenvalue weighted by Gasteiger charge is -2.36. The molecule has 2 aliphatic heterocycles. The number of amides is 1. The largest absolute Gasteiger partial charge is 0.376 e. The van der Waals surface area contributed by atoms with Crippen LogP contribution in [0.2, 0.25) is 0 Å². The molecule has 3 fully saturated rings. The van der Waals surface area contributed by atoms with E-state index in [0.29, 0.717) is 25.2 Å². The van der Waals surface area contributed by atoms with Crippen molar-refractivity contribution in [3.63, 3.8) is 0 Å². The minimum absolute atomic E-state index is 0.201. The summed E-state index contributed by atoms with van der Waals surface area (Å²) >= 11 is 0. The van der Waals surface area contributed by atoms with Crippen molar-refractivity contribution in [3.05, 3.63) is 0 Å². The minimum Gasteiger partial charge on any atom is -0.376 e. The lowest BCUT2D eigenvalue weighted by molar-refractivity contribution is -0.123. The van der Waals surface area contributed by atoms with Crippen LogP contribution in [0, 0.1) is 5.92 Å². The highest BCUT2D eigenvalue weighted by Crippen LogP contribution is 2.29. The highest BCUT2D eigenvalue weighted by atomic mass is 16.6. The van der Waals surface area contributed by atoms with Crippen LogP contribution in [-0.4, -0.2) is 62.4 Å². The Morgan fingerprint density at radius 1 is 1.26 bits per heavy atom. The molecule has 0 aromatic heterocycles. The maximum Gasteiger partial charge on any atom is 0.223 e. The van der Waals surface area contributed by atoms with Crippen LogP contribution in [0.25, 0.3) is 0 Å². The predicted molar refractivity (Wildman–Crippen MR) is 70.9 cm³/mol. The molecule has 0 spiro atoms. The Kier molecular flexibility index (Phi) is 4.35. The van der Waals surface area contributed by atoms with Gasteiger partial charge in [-0.05, 0) is 32.2 Å². The second-order valence-electron chi connectivity index (χ2n) is 5.95. The Morgan fingerprint density at radius 3 is 2.89 bits per heavy atom. The predicted octanol–water partition coefficient (Wildman–Crippen LogP) is 0.392. The Balaban J connectivity index is 1.42. The summed E-state index contributed by atoms with van der Waals surface area (Å²) in [5.74, 6) is 0.578. The van der Waals surface area contributed by atoms with Gasteiger partial charge in [-0.3, -0.25) is 9.69 Å². The molecule has 1 amide bonds. The SMILES string of the molecule is O=C(NC1CCCN(CC2COCCO2)C1)C1CC1. The molecular formula is C14H24N2O3. The first-order valence-electron chi connectivity index (χ1n) is 7.53. The summed E-state index contributed by atoms with van der Waals surface area (Å²) in [5, 5.41) is 3.20. The Hall–Kier alpha value is -0.650. The molecule has 5 heteroatoms. The van der Waals surface area contributed by atoms with Crippen LogP contribution < -0.4 is 5.32 Å². The van der Waals surface area contributed by atoms with Gasteiger partial charge < -0.3 is 14.8 Å². The third-order valence-electron chi connectivity index (χ3n) is 4.15. The van der Waals surface area contributed by atoms with Gasteiger partial charge in [0.25, 0.3) is 0 Å². The van der Waals surface area contributed by atoms with E-state index in [1.54, 1.807) is 0 Å². The van der Waals surface area contributed by atoms with E-state index in [2.05, 4.69) is 10.2 Å². The lowest BCUT2D eigenvalue weighted by Crippen LogP contribution is -2.51. The Morgan fingerprint density at radius 2 is 2.16 bits per heavy atom. The lowest BCUT2D eigenvalue weighted by atomic mass is 10.0. The van der Waals surface area contributed by atoms with Crippen LogP contribution in [-0.2, 0) is 14.3 Å². The number of hydrogen-bond donors (Lipinski definition) is 1. The molecule has 1 aliphatic carbocycles. The van der Waals surface area contributed by atoms with Gasteiger partial charge in [-0.25, -0.2) is 0 Å². The molecule has 0 radical (unpaired) electrons. The summed E-state index contributed by atoms with van der Waals surface area (Å²) in [7, 11) is 0. The molecular weight excluding hydrogens is 244 g/mol. The van der Waals surface area contributed by atoms with Crippen molar-refractivity contribution in [2.45, 2.75) is 37.8 Å². The van der Waals surface area contributed by atoms with Crippen LogP contribution in [0.15, 0.2) is 0 Å². The molecule has 108 valence electrons. The molecule has 1 saturated carbocycles. The average Bonchev–Trinajstić information content (AvgIpc) is 3.24. The first kappa shape index (κ1) is 13.3. The first-order valence-corrected chi connectivity index (χ1v) is 7.53. The second kappa shape index (κ2) is 6.20. The minimum atomic E-state index is 0.201. The molecule has 3 rings (SSSR count). The first-order chi connectivity index (χ1) is 9.31. The van der Waals surface area contributed by atoms with Gasteiger partial charge in [0.1, 0.15) is 0 Å². The zero-order valence-electron chi connectivity index (χ0n) is 11.5. The van der Waals surface area contributed by atoms with Crippen molar-refractivity contribution in [2.75, 3.05) is 39.5 Å². The molecule has 0 bridgehead atoms. The number of nitrogens with zero attached hydrogens (tertiary/aromatic N) is 1. The van der Waals surface area contributed by atoms with Crippen LogP contribution in [0.4, 0.5) is 0 Å². The molecule has 2 saturated heterocycles. The molecule has 19 heavy (non-hydrogen) atoms. The van der Waals surface area contributed by atoms with Crippen molar-refractivity contribution in [3.8, 4) is 0 Å².